The molecule has 2 aromatic carbocycles. The Morgan fingerprint density at radius 3 is 2.65 bits per heavy atom. The number of hydrogen-bond acceptors (Lipinski definition) is 3. The Hall–Kier alpha value is -2.58. The first-order valence-electron chi connectivity index (χ1n) is 7.35. The minimum atomic E-state index is -1.25. The first-order chi connectivity index (χ1) is 12.3. The SMILES string of the molecule is CC(C(=O)O)n1/c(=N/C(=O)c2cccc(Cl)c2)sc2cc(F)cc(F)c21. The van der Waals surface area contributed by atoms with Crippen LogP contribution in [-0.2, 0) is 4.79 Å². The first-order valence-corrected chi connectivity index (χ1v) is 8.55. The van der Waals surface area contributed by atoms with Crippen LogP contribution in [-0.4, -0.2) is 21.6 Å². The zero-order valence-corrected chi connectivity index (χ0v) is 14.8. The fourth-order valence-electron chi connectivity index (χ4n) is 2.42. The van der Waals surface area contributed by atoms with Crippen molar-refractivity contribution in [1.82, 2.24) is 4.57 Å². The number of carboxylic acids is 1. The van der Waals surface area contributed by atoms with Gasteiger partial charge in [0, 0.05) is 16.7 Å². The number of hydrogen-bond donors (Lipinski definition) is 1. The normalized spacial score (nSPS) is 13.2. The highest BCUT2D eigenvalue weighted by Gasteiger charge is 2.22. The number of fused-ring (bicyclic) bond motifs is 1. The van der Waals surface area contributed by atoms with Gasteiger partial charge in [0.1, 0.15) is 11.9 Å². The minimum absolute atomic E-state index is 0.0515. The van der Waals surface area contributed by atoms with Crippen molar-refractivity contribution in [3.63, 3.8) is 0 Å². The predicted octanol–water partition coefficient (Wildman–Crippen LogP) is 4.02. The highest BCUT2D eigenvalue weighted by molar-refractivity contribution is 7.16. The Kier molecular flexibility index (Phi) is 4.88. The molecule has 0 bridgehead atoms. The molecule has 0 saturated heterocycles. The Balaban J connectivity index is 2.28. The van der Waals surface area contributed by atoms with Crippen molar-refractivity contribution in [1.29, 1.82) is 0 Å². The lowest BCUT2D eigenvalue weighted by atomic mass is 10.2. The molecule has 0 spiro atoms. The third-order valence-electron chi connectivity index (χ3n) is 3.65. The van der Waals surface area contributed by atoms with Crippen LogP contribution in [0.25, 0.3) is 10.2 Å². The number of carboxylic acid groups (broad SMARTS) is 1. The lowest BCUT2D eigenvalue weighted by Crippen LogP contribution is -2.26. The number of carbonyl (C=O) groups excluding carboxylic acids is 1. The van der Waals surface area contributed by atoms with E-state index in [2.05, 4.69) is 4.99 Å². The van der Waals surface area contributed by atoms with E-state index in [1.54, 1.807) is 12.1 Å². The van der Waals surface area contributed by atoms with Crippen molar-refractivity contribution in [3.05, 3.63) is 63.4 Å². The summed E-state index contributed by atoms with van der Waals surface area (Å²) in [5.74, 6) is -3.66. The van der Waals surface area contributed by atoms with Crippen LogP contribution in [0.4, 0.5) is 8.78 Å². The summed E-state index contributed by atoms with van der Waals surface area (Å²) in [4.78, 5) is 27.7. The number of halogens is 3. The van der Waals surface area contributed by atoms with Crippen LogP contribution < -0.4 is 4.80 Å². The van der Waals surface area contributed by atoms with Gasteiger partial charge in [-0.3, -0.25) is 9.36 Å². The van der Waals surface area contributed by atoms with Crippen LogP contribution in [0.2, 0.25) is 5.02 Å². The summed E-state index contributed by atoms with van der Waals surface area (Å²) in [5.41, 5.74) is 0.0695. The third kappa shape index (κ3) is 3.38. The molecule has 3 aromatic rings. The van der Waals surface area contributed by atoms with Gasteiger partial charge in [0.2, 0.25) is 0 Å². The molecule has 134 valence electrons. The topological polar surface area (TPSA) is 71.7 Å². The number of carbonyl (C=O) groups is 2. The van der Waals surface area contributed by atoms with E-state index in [0.717, 1.165) is 22.0 Å². The van der Waals surface area contributed by atoms with E-state index in [1.165, 1.54) is 19.1 Å². The second-order valence-electron chi connectivity index (χ2n) is 5.43. The summed E-state index contributed by atoms with van der Waals surface area (Å²) in [5, 5.41) is 9.65. The maximum Gasteiger partial charge on any atom is 0.326 e. The summed E-state index contributed by atoms with van der Waals surface area (Å²) in [6.07, 6.45) is 0. The average molecular weight is 397 g/mol. The lowest BCUT2D eigenvalue weighted by molar-refractivity contribution is -0.140. The average Bonchev–Trinajstić information content (AvgIpc) is 2.91. The van der Waals surface area contributed by atoms with Crippen molar-refractivity contribution in [3.8, 4) is 0 Å². The molecule has 1 heterocycles. The van der Waals surface area contributed by atoms with Crippen molar-refractivity contribution >= 4 is 45.0 Å². The molecule has 5 nitrogen and oxygen atoms in total. The molecule has 0 radical (unpaired) electrons. The van der Waals surface area contributed by atoms with E-state index in [1.807, 2.05) is 0 Å². The monoisotopic (exact) mass is 396 g/mol. The molecule has 1 unspecified atom stereocenters. The number of benzene rings is 2. The molecule has 0 saturated carbocycles. The molecule has 1 amide bonds. The van der Waals surface area contributed by atoms with Gasteiger partial charge < -0.3 is 5.11 Å². The maximum atomic E-state index is 14.3. The zero-order valence-electron chi connectivity index (χ0n) is 13.2. The Labute approximate surface area is 154 Å². The molecule has 0 fully saturated rings. The van der Waals surface area contributed by atoms with Crippen molar-refractivity contribution in [2.75, 3.05) is 0 Å². The van der Waals surface area contributed by atoms with Crippen molar-refractivity contribution < 1.29 is 23.5 Å². The van der Waals surface area contributed by atoms with Gasteiger partial charge in [-0.25, -0.2) is 13.6 Å². The fraction of sp³-hybridized carbons (Fsp3) is 0.118. The summed E-state index contributed by atoms with van der Waals surface area (Å²) >= 11 is 6.68. The quantitative estimate of drug-likeness (QED) is 0.726. The standard InChI is InChI=1S/C17H11ClF2N2O3S/c1-8(16(24)25)22-14-12(20)6-11(19)7-13(14)26-17(22)21-15(23)9-3-2-4-10(18)5-9/h2-8H,1H3,(H,24,25)/b21-17-. The van der Waals surface area contributed by atoms with Crippen molar-refractivity contribution in [2.24, 2.45) is 4.99 Å². The van der Waals surface area contributed by atoms with E-state index in [4.69, 9.17) is 11.6 Å². The molecule has 3 rings (SSSR count). The summed E-state index contributed by atoms with van der Waals surface area (Å²) in [7, 11) is 0. The largest absolute Gasteiger partial charge is 0.480 e. The highest BCUT2D eigenvalue weighted by atomic mass is 35.5. The van der Waals surface area contributed by atoms with Gasteiger partial charge in [-0.05, 0) is 31.2 Å². The van der Waals surface area contributed by atoms with E-state index in [-0.39, 0.29) is 20.6 Å². The molecular weight excluding hydrogens is 386 g/mol. The highest BCUT2D eigenvalue weighted by Crippen LogP contribution is 2.25. The lowest BCUT2D eigenvalue weighted by Gasteiger charge is -2.10. The van der Waals surface area contributed by atoms with Crippen LogP contribution in [0.5, 0.6) is 0 Å². The van der Waals surface area contributed by atoms with Gasteiger partial charge in [0.05, 0.1) is 10.2 Å². The molecule has 9 heteroatoms. The van der Waals surface area contributed by atoms with Crippen LogP contribution >= 0.6 is 22.9 Å². The predicted molar refractivity (Wildman–Crippen MR) is 93.4 cm³/mol. The minimum Gasteiger partial charge on any atom is -0.480 e. The number of amides is 1. The Bertz CT molecular complexity index is 1110. The molecule has 0 aliphatic rings. The van der Waals surface area contributed by atoms with Gasteiger partial charge in [-0.15, -0.1) is 0 Å². The van der Waals surface area contributed by atoms with Crippen LogP contribution in [0, 0.1) is 11.6 Å². The van der Waals surface area contributed by atoms with Crippen molar-refractivity contribution in [2.45, 2.75) is 13.0 Å². The van der Waals surface area contributed by atoms with E-state index in [9.17, 15) is 23.5 Å². The number of aromatic nitrogens is 1. The summed E-state index contributed by atoms with van der Waals surface area (Å²) in [6.45, 7) is 1.32. The molecule has 26 heavy (non-hydrogen) atoms. The van der Waals surface area contributed by atoms with Crippen LogP contribution in [0.1, 0.15) is 23.3 Å². The van der Waals surface area contributed by atoms with Gasteiger partial charge in [-0.1, -0.05) is 29.0 Å². The summed E-state index contributed by atoms with van der Waals surface area (Å²) < 4.78 is 29.0. The van der Waals surface area contributed by atoms with Gasteiger partial charge in [-0.2, -0.15) is 4.99 Å². The molecular formula is C17H11ClF2N2O3S. The Morgan fingerprint density at radius 1 is 1.27 bits per heavy atom. The van der Waals surface area contributed by atoms with E-state index < -0.39 is 29.6 Å². The Morgan fingerprint density at radius 2 is 2.00 bits per heavy atom. The second kappa shape index (κ2) is 6.97. The zero-order chi connectivity index (χ0) is 19.0. The van der Waals surface area contributed by atoms with Gasteiger partial charge >= 0.3 is 5.97 Å². The second-order valence-corrected chi connectivity index (χ2v) is 6.88. The number of aliphatic carboxylic acids is 1. The molecule has 0 aliphatic heterocycles. The molecule has 1 atom stereocenters. The fourth-order valence-corrected chi connectivity index (χ4v) is 3.74. The number of nitrogens with zero attached hydrogens (tertiary/aromatic N) is 2. The molecule has 1 N–H and O–H groups in total. The summed E-state index contributed by atoms with van der Waals surface area (Å²) in [6, 6.07) is 6.57. The van der Waals surface area contributed by atoms with Gasteiger partial charge in [0.15, 0.2) is 10.6 Å². The number of thiazole rings is 1. The van der Waals surface area contributed by atoms with Crippen LogP contribution in [0.15, 0.2) is 41.4 Å². The maximum absolute atomic E-state index is 14.3. The molecule has 0 aliphatic carbocycles. The van der Waals surface area contributed by atoms with Gasteiger partial charge in [0.25, 0.3) is 5.91 Å². The van der Waals surface area contributed by atoms with E-state index >= 15 is 0 Å². The van der Waals surface area contributed by atoms with Crippen LogP contribution in [0.3, 0.4) is 0 Å². The number of rotatable bonds is 3. The molecule has 1 aromatic heterocycles. The van der Waals surface area contributed by atoms with E-state index in [0.29, 0.717) is 11.1 Å². The third-order valence-corrected chi connectivity index (χ3v) is 4.89. The first kappa shape index (κ1) is 18.2. The smallest absolute Gasteiger partial charge is 0.326 e.